The normalized spacial score (nSPS) is 12.3. The van der Waals surface area contributed by atoms with Gasteiger partial charge >= 0.3 is 12.1 Å². The molecule has 0 heterocycles. The number of carbonyl (C=O) groups excluding carboxylic acids is 4. The zero-order valence-electron chi connectivity index (χ0n) is 14.5. The molecule has 10 heteroatoms. The van der Waals surface area contributed by atoms with E-state index in [1.165, 1.54) is 13.8 Å². The zero-order chi connectivity index (χ0) is 19.5. The Morgan fingerprint density at radius 1 is 1.12 bits per heavy atom. The largest absolute Gasteiger partial charge is 0.461 e. The Kier molecular flexibility index (Phi) is 8.58. The summed E-state index contributed by atoms with van der Waals surface area (Å²) in [6.07, 6.45) is -1.70. The van der Waals surface area contributed by atoms with E-state index in [1.54, 1.807) is 24.3 Å². The molecule has 0 bridgehead atoms. The van der Waals surface area contributed by atoms with Crippen LogP contribution in [0.1, 0.15) is 19.4 Å². The van der Waals surface area contributed by atoms with E-state index in [1.807, 2.05) is 11.5 Å². The minimum atomic E-state index is -1.13. The molecule has 1 rings (SSSR count). The first kappa shape index (κ1) is 20.9. The summed E-state index contributed by atoms with van der Waals surface area (Å²) in [4.78, 5) is 45.6. The number of nitrogens with one attached hydrogen (secondary N) is 3. The highest BCUT2D eigenvalue weighted by Crippen LogP contribution is 2.00. The summed E-state index contributed by atoms with van der Waals surface area (Å²) in [6, 6.07) is 7.86. The molecule has 0 saturated heterocycles. The summed E-state index contributed by atoms with van der Waals surface area (Å²) in [5.74, 6) is -1.94. The molecule has 1 aromatic rings. The molecule has 1 aromatic carbocycles. The molecule has 0 aliphatic heterocycles. The van der Waals surface area contributed by atoms with Crippen molar-refractivity contribution in [1.82, 2.24) is 16.2 Å². The van der Waals surface area contributed by atoms with Crippen molar-refractivity contribution in [3.8, 4) is 0 Å². The highest BCUT2D eigenvalue weighted by molar-refractivity contribution is 5.88. The molecule has 10 nitrogen and oxygen atoms in total. The Bertz CT molecular complexity index is 637. The Labute approximate surface area is 150 Å². The van der Waals surface area contributed by atoms with Crippen LogP contribution in [0.25, 0.3) is 0 Å². The number of esters is 1. The predicted octanol–water partition coefficient (Wildman–Crippen LogP) is -0.661. The molecule has 0 saturated carbocycles. The van der Waals surface area contributed by atoms with Gasteiger partial charge in [0.15, 0.2) is 0 Å². The van der Waals surface area contributed by atoms with Gasteiger partial charge < -0.3 is 20.5 Å². The third-order valence-electron chi connectivity index (χ3n) is 3.10. The molecule has 5 N–H and O–H groups in total. The van der Waals surface area contributed by atoms with E-state index in [-0.39, 0.29) is 6.61 Å². The maximum absolute atomic E-state index is 11.7. The fourth-order valence-corrected chi connectivity index (χ4v) is 1.76. The van der Waals surface area contributed by atoms with Crippen LogP contribution < -0.4 is 21.9 Å². The van der Waals surface area contributed by atoms with Crippen LogP contribution in [0.4, 0.5) is 4.79 Å². The third-order valence-corrected chi connectivity index (χ3v) is 3.10. The van der Waals surface area contributed by atoms with Crippen LogP contribution in [0.2, 0.25) is 0 Å². The second kappa shape index (κ2) is 10.7. The van der Waals surface area contributed by atoms with E-state index in [9.17, 15) is 19.2 Å². The van der Waals surface area contributed by atoms with Crippen molar-refractivity contribution in [2.75, 3.05) is 6.54 Å². The molecule has 142 valence electrons. The van der Waals surface area contributed by atoms with E-state index in [2.05, 4.69) is 10.7 Å². The van der Waals surface area contributed by atoms with E-state index < -0.39 is 42.6 Å². The smallest absolute Gasteiger partial charge is 0.426 e. The lowest BCUT2D eigenvalue weighted by Crippen LogP contribution is -2.52. The average molecular weight is 366 g/mol. The minimum absolute atomic E-state index is 0.0438. The molecule has 0 fully saturated rings. The van der Waals surface area contributed by atoms with Crippen molar-refractivity contribution in [2.24, 2.45) is 5.73 Å². The van der Waals surface area contributed by atoms with Crippen LogP contribution in [0.3, 0.4) is 0 Å². The average Bonchev–Trinajstić information content (AvgIpc) is 2.62. The summed E-state index contributed by atoms with van der Waals surface area (Å²) in [5, 5.41) is 2.26. The molecular weight excluding hydrogens is 344 g/mol. The number of hydrogen-bond acceptors (Lipinski definition) is 7. The Morgan fingerprint density at radius 3 is 2.38 bits per heavy atom. The monoisotopic (exact) mass is 366 g/mol. The van der Waals surface area contributed by atoms with Crippen molar-refractivity contribution >= 4 is 23.9 Å². The fourth-order valence-electron chi connectivity index (χ4n) is 1.76. The Morgan fingerprint density at radius 2 is 1.77 bits per heavy atom. The highest BCUT2D eigenvalue weighted by atomic mass is 16.6. The van der Waals surface area contributed by atoms with Gasteiger partial charge in [0, 0.05) is 6.92 Å². The number of nitrogens with two attached hydrogens (primary N) is 1. The topological polar surface area (TPSA) is 149 Å². The number of rotatable bonds is 7. The molecule has 0 spiro atoms. The van der Waals surface area contributed by atoms with E-state index >= 15 is 0 Å². The molecule has 2 atom stereocenters. The molecule has 0 aromatic heterocycles. The lowest BCUT2D eigenvalue weighted by Gasteiger charge is -2.18. The number of amides is 3. The molecule has 0 unspecified atom stereocenters. The third kappa shape index (κ3) is 8.11. The fraction of sp³-hybridized carbons (Fsp3) is 0.375. The Hall–Kier alpha value is -3.14. The lowest BCUT2D eigenvalue weighted by molar-refractivity contribution is -0.148. The van der Waals surface area contributed by atoms with Crippen LogP contribution in [0, 0.1) is 0 Å². The first-order valence-electron chi connectivity index (χ1n) is 7.75. The van der Waals surface area contributed by atoms with Gasteiger partial charge in [-0.15, -0.1) is 0 Å². The summed E-state index contributed by atoms with van der Waals surface area (Å²) in [7, 11) is 0. The minimum Gasteiger partial charge on any atom is -0.461 e. The maximum Gasteiger partial charge on any atom is 0.426 e. The van der Waals surface area contributed by atoms with Crippen molar-refractivity contribution in [3.05, 3.63) is 35.9 Å². The second-order valence-electron chi connectivity index (χ2n) is 5.29. The van der Waals surface area contributed by atoms with Crippen molar-refractivity contribution in [1.29, 1.82) is 0 Å². The quantitative estimate of drug-likeness (QED) is 0.370. The van der Waals surface area contributed by atoms with Crippen LogP contribution in [-0.4, -0.2) is 42.6 Å². The first-order valence-corrected chi connectivity index (χ1v) is 7.75. The maximum atomic E-state index is 11.7. The van der Waals surface area contributed by atoms with Gasteiger partial charge in [0.2, 0.25) is 5.91 Å². The summed E-state index contributed by atoms with van der Waals surface area (Å²) in [5.41, 5.74) is 10.5. The second-order valence-corrected chi connectivity index (χ2v) is 5.29. The molecule has 3 amide bonds. The van der Waals surface area contributed by atoms with Gasteiger partial charge in [-0.2, -0.15) is 0 Å². The summed E-state index contributed by atoms with van der Waals surface area (Å²) < 4.78 is 9.67. The van der Waals surface area contributed by atoms with Gasteiger partial charge in [-0.05, 0) is 12.5 Å². The van der Waals surface area contributed by atoms with Crippen LogP contribution in [0.15, 0.2) is 30.3 Å². The predicted molar refractivity (Wildman–Crippen MR) is 90.1 cm³/mol. The highest BCUT2D eigenvalue weighted by Gasteiger charge is 2.23. The zero-order valence-corrected chi connectivity index (χ0v) is 14.5. The van der Waals surface area contributed by atoms with Gasteiger partial charge in [-0.25, -0.2) is 10.2 Å². The van der Waals surface area contributed by atoms with Crippen LogP contribution >= 0.6 is 0 Å². The lowest BCUT2D eigenvalue weighted by atomic mass is 10.2. The molecular formula is C16H22N4O6. The van der Waals surface area contributed by atoms with Gasteiger partial charge in [0.1, 0.15) is 18.8 Å². The van der Waals surface area contributed by atoms with Crippen molar-refractivity contribution in [3.63, 3.8) is 0 Å². The number of benzene rings is 1. The standard InChI is InChI=1S/C16H22N4O6/c1-10(26-11(2)21)14(17)15(23)18-8-13(22)19-20-16(24)25-9-12-6-4-3-5-7-12/h3-7,10,14H,8-9,17H2,1-2H3,(H,18,23)(H,19,22)(H,20,24)/t10-,14+/m1/s1. The number of hydrogen-bond donors (Lipinski definition) is 4. The summed E-state index contributed by atoms with van der Waals surface area (Å²) in [6.45, 7) is 2.26. The number of carbonyl (C=O) groups is 4. The Balaban J connectivity index is 2.24. The molecule has 0 aliphatic carbocycles. The van der Waals surface area contributed by atoms with Crippen LogP contribution in [0.5, 0.6) is 0 Å². The van der Waals surface area contributed by atoms with Gasteiger partial charge in [0.25, 0.3) is 5.91 Å². The van der Waals surface area contributed by atoms with Crippen molar-refractivity contribution < 1.29 is 28.7 Å². The van der Waals surface area contributed by atoms with E-state index in [4.69, 9.17) is 15.2 Å². The SMILES string of the molecule is CC(=O)O[C@H](C)[C@H](N)C(=O)NCC(=O)NNC(=O)OCc1ccccc1. The van der Waals surface area contributed by atoms with Gasteiger partial charge in [-0.3, -0.25) is 19.8 Å². The van der Waals surface area contributed by atoms with Gasteiger partial charge in [-0.1, -0.05) is 30.3 Å². The summed E-state index contributed by atoms with van der Waals surface area (Å²) >= 11 is 0. The molecule has 0 aliphatic rings. The molecule has 0 radical (unpaired) electrons. The number of hydrazine groups is 1. The number of ether oxygens (including phenoxy) is 2. The van der Waals surface area contributed by atoms with E-state index in [0.717, 1.165) is 5.56 Å². The van der Waals surface area contributed by atoms with Crippen LogP contribution in [-0.2, 0) is 30.5 Å². The van der Waals surface area contributed by atoms with E-state index in [0.29, 0.717) is 0 Å². The van der Waals surface area contributed by atoms with Gasteiger partial charge in [0.05, 0.1) is 6.54 Å². The van der Waals surface area contributed by atoms with Crippen molar-refractivity contribution in [2.45, 2.75) is 32.6 Å². The molecule has 26 heavy (non-hydrogen) atoms. The first-order chi connectivity index (χ1) is 12.3.